The van der Waals surface area contributed by atoms with Gasteiger partial charge in [-0.15, -0.1) is 0 Å². The van der Waals surface area contributed by atoms with Crippen molar-refractivity contribution in [3.8, 4) is 17.2 Å². The number of aromatic nitrogens is 1. The Kier molecular flexibility index (Phi) is 9.73. The molecule has 0 saturated carbocycles. The van der Waals surface area contributed by atoms with Crippen molar-refractivity contribution in [2.45, 2.75) is 26.5 Å². The van der Waals surface area contributed by atoms with Crippen LogP contribution >= 0.6 is 33.9 Å². The summed E-state index contributed by atoms with van der Waals surface area (Å²) in [5, 5.41) is 9.29. The molecule has 0 bridgehead atoms. The molecular weight excluding hydrogens is 711 g/mol. The fourth-order valence-electron chi connectivity index (χ4n) is 4.96. The first-order valence-corrected chi connectivity index (χ1v) is 15.7. The Morgan fingerprint density at radius 3 is 2.51 bits per heavy atom. The van der Waals surface area contributed by atoms with Gasteiger partial charge in [-0.05, 0) is 95.6 Å². The first-order valence-electron chi connectivity index (χ1n) is 13.8. The number of esters is 1. The zero-order chi connectivity index (χ0) is 32.2. The summed E-state index contributed by atoms with van der Waals surface area (Å²) in [7, 11) is 3.09. The predicted molar refractivity (Wildman–Crippen MR) is 177 cm³/mol. The number of allylic oxidation sites excluding steroid dienone is 1. The van der Waals surface area contributed by atoms with Crippen molar-refractivity contribution >= 4 is 51.9 Å². The van der Waals surface area contributed by atoms with Gasteiger partial charge < -0.3 is 24.1 Å². The average Bonchev–Trinajstić information content (AvgIpc) is 3.33. The van der Waals surface area contributed by atoms with E-state index in [1.54, 1.807) is 63.4 Å². The van der Waals surface area contributed by atoms with Crippen LogP contribution in [0.5, 0.6) is 17.2 Å². The quantitative estimate of drug-likeness (QED) is 0.184. The summed E-state index contributed by atoms with van der Waals surface area (Å²) < 4.78 is 25.0. The molecule has 0 saturated heterocycles. The number of carboxylic acids is 1. The van der Waals surface area contributed by atoms with Gasteiger partial charge in [-0.2, -0.15) is 0 Å². The summed E-state index contributed by atoms with van der Waals surface area (Å²) in [4.78, 5) is 43.5. The Morgan fingerprint density at radius 1 is 1.09 bits per heavy atom. The van der Waals surface area contributed by atoms with Crippen LogP contribution in [0.15, 0.2) is 81.7 Å². The average molecular weight is 741 g/mol. The molecule has 10 nitrogen and oxygen atoms in total. The van der Waals surface area contributed by atoms with E-state index in [0.29, 0.717) is 54.5 Å². The topological polar surface area (TPSA) is 126 Å². The van der Waals surface area contributed by atoms with E-state index in [0.717, 1.165) is 3.57 Å². The van der Waals surface area contributed by atoms with Crippen molar-refractivity contribution in [2.75, 3.05) is 20.8 Å². The van der Waals surface area contributed by atoms with E-state index in [1.165, 1.54) is 29.1 Å². The third-order valence-electron chi connectivity index (χ3n) is 7.06. The van der Waals surface area contributed by atoms with Crippen molar-refractivity contribution in [2.24, 2.45) is 4.99 Å². The van der Waals surface area contributed by atoms with Gasteiger partial charge in [0.2, 0.25) is 0 Å². The monoisotopic (exact) mass is 740 g/mol. The maximum absolute atomic E-state index is 14.0. The van der Waals surface area contributed by atoms with E-state index >= 15 is 0 Å². The zero-order valence-corrected chi connectivity index (χ0v) is 27.8. The molecule has 0 radical (unpaired) electrons. The van der Waals surface area contributed by atoms with E-state index in [9.17, 15) is 19.5 Å². The minimum atomic E-state index is -1.01. The number of aromatic carboxylic acids is 1. The minimum absolute atomic E-state index is 0.138. The summed E-state index contributed by atoms with van der Waals surface area (Å²) in [5.41, 5.74) is 2.76. The molecular formula is C33H29IN2O8S. The lowest BCUT2D eigenvalue weighted by Gasteiger charge is -2.24. The highest BCUT2D eigenvalue weighted by Gasteiger charge is 2.33. The number of rotatable bonds is 10. The lowest BCUT2D eigenvalue weighted by atomic mass is 9.96. The lowest BCUT2D eigenvalue weighted by molar-refractivity contribution is -0.139. The van der Waals surface area contributed by atoms with Crippen molar-refractivity contribution in [3.63, 3.8) is 0 Å². The SMILES string of the molecule is CCOC(=O)C1=C(C)N=c2s/c(=C\c3cc(I)c(OCc4cccc(C(=O)O)c4)c(OC)c3)c(=O)n2[C@@H]1c1ccc(OC)cc1. The van der Waals surface area contributed by atoms with Crippen molar-refractivity contribution in [1.82, 2.24) is 4.57 Å². The number of carbonyl (C=O) groups excluding carboxylic acids is 1. The fourth-order valence-corrected chi connectivity index (χ4v) is 6.79. The summed E-state index contributed by atoms with van der Waals surface area (Å²) in [6, 6.07) is 16.6. The van der Waals surface area contributed by atoms with Crippen LogP contribution in [0.2, 0.25) is 0 Å². The number of carboxylic acid groups (broad SMARTS) is 1. The Morgan fingerprint density at radius 2 is 1.84 bits per heavy atom. The fraction of sp³-hybridized carbons (Fsp3) is 0.212. The summed E-state index contributed by atoms with van der Waals surface area (Å²) in [6.07, 6.45) is 1.75. The highest BCUT2D eigenvalue weighted by atomic mass is 127. The van der Waals surface area contributed by atoms with Crippen molar-refractivity contribution < 1.29 is 33.6 Å². The number of hydrogen-bond acceptors (Lipinski definition) is 9. The standard InChI is InChI=1S/C33H29IN2O8S/c1-5-43-32(40)27-18(2)35-33-36(28(27)21-9-11-23(41-3)12-10-21)30(37)26(45-33)16-20-14-24(34)29(25(15-20)42-4)44-17-19-7-6-8-22(13-19)31(38)39/h6-16,28H,5,17H2,1-4H3,(H,38,39)/b26-16-/t28-/m1/s1. The van der Waals surface area contributed by atoms with Gasteiger partial charge in [-0.25, -0.2) is 14.6 Å². The molecule has 0 amide bonds. The molecule has 0 aliphatic carbocycles. The maximum Gasteiger partial charge on any atom is 0.338 e. The van der Waals surface area contributed by atoms with Gasteiger partial charge in [0.25, 0.3) is 5.56 Å². The first-order chi connectivity index (χ1) is 21.6. The predicted octanol–water partition coefficient (Wildman–Crippen LogP) is 4.70. The summed E-state index contributed by atoms with van der Waals surface area (Å²) in [5.74, 6) is 0.0486. The van der Waals surface area contributed by atoms with Crippen LogP contribution in [-0.4, -0.2) is 42.4 Å². The highest BCUT2D eigenvalue weighted by molar-refractivity contribution is 14.1. The van der Waals surface area contributed by atoms with Gasteiger partial charge in [-0.1, -0.05) is 35.6 Å². The number of ether oxygens (including phenoxy) is 4. The van der Waals surface area contributed by atoms with Crippen LogP contribution in [0.4, 0.5) is 0 Å². The molecule has 1 aromatic heterocycles. The molecule has 0 unspecified atom stereocenters. The van der Waals surface area contributed by atoms with Crippen LogP contribution in [0.25, 0.3) is 6.08 Å². The van der Waals surface area contributed by atoms with Crippen LogP contribution in [0.3, 0.4) is 0 Å². The number of thiazole rings is 1. The molecule has 45 heavy (non-hydrogen) atoms. The Balaban J connectivity index is 1.55. The normalized spacial score (nSPS) is 14.4. The molecule has 1 N–H and O–H groups in total. The molecule has 1 aliphatic heterocycles. The molecule has 2 heterocycles. The molecule has 1 atom stereocenters. The smallest absolute Gasteiger partial charge is 0.338 e. The van der Waals surface area contributed by atoms with Gasteiger partial charge in [0.1, 0.15) is 12.4 Å². The number of carbonyl (C=O) groups is 2. The molecule has 4 aromatic rings. The molecule has 12 heteroatoms. The molecule has 0 spiro atoms. The third-order valence-corrected chi connectivity index (χ3v) is 8.84. The van der Waals surface area contributed by atoms with E-state index in [-0.39, 0.29) is 24.3 Å². The van der Waals surface area contributed by atoms with Gasteiger partial charge in [0, 0.05) is 0 Å². The van der Waals surface area contributed by atoms with E-state index in [4.69, 9.17) is 18.9 Å². The Labute approximate surface area is 276 Å². The van der Waals surface area contributed by atoms with E-state index in [1.807, 2.05) is 18.2 Å². The number of benzene rings is 3. The molecule has 232 valence electrons. The largest absolute Gasteiger partial charge is 0.497 e. The second kappa shape index (κ2) is 13.7. The summed E-state index contributed by atoms with van der Waals surface area (Å²) in [6.45, 7) is 3.79. The van der Waals surface area contributed by atoms with Crippen LogP contribution in [-0.2, 0) is 16.1 Å². The molecule has 5 rings (SSSR count). The van der Waals surface area contributed by atoms with Crippen LogP contribution < -0.4 is 29.1 Å². The van der Waals surface area contributed by atoms with E-state index in [2.05, 4.69) is 27.6 Å². The number of hydrogen-bond donors (Lipinski definition) is 1. The minimum Gasteiger partial charge on any atom is -0.497 e. The first kappa shape index (κ1) is 32.0. The van der Waals surface area contributed by atoms with Gasteiger partial charge in [0.05, 0.1) is 51.8 Å². The molecule has 3 aromatic carbocycles. The second-order valence-electron chi connectivity index (χ2n) is 9.90. The van der Waals surface area contributed by atoms with Crippen molar-refractivity contribution in [1.29, 1.82) is 0 Å². The van der Waals surface area contributed by atoms with Gasteiger partial charge in [0.15, 0.2) is 16.3 Å². The summed E-state index contributed by atoms with van der Waals surface area (Å²) >= 11 is 3.36. The number of fused-ring (bicyclic) bond motifs is 1. The highest BCUT2D eigenvalue weighted by Crippen LogP contribution is 2.35. The van der Waals surface area contributed by atoms with Crippen LogP contribution in [0, 0.1) is 3.57 Å². The molecule has 0 fully saturated rings. The van der Waals surface area contributed by atoms with Crippen molar-refractivity contribution in [3.05, 3.63) is 117 Å². The third kappa shape index (κ3) is 6.66. The Bertz CT molecular complexity index is 2000. The van der Waals surface area contributed by atoms with Gasteiger partial charge >= 0.3 is 11.9 Å². The van der Waals surface area contributed by atoms with Gasteiger partial charge in [-0.3, -0.25) is 9.36 Å². The Hall–Kier alpha value is -4.43. The maximum atomic E-state index is 14.0. The second-order valence-corrected chi connectivity index (χ2v) is 12.1. The molecule has 1 aliphatic rings. The number of halogens is 1. The van der Waals surface area contributed by atoms with E-state index < -0.39 is 18.0 Å². The lowest BCUT2D eigenvalue weighted by Crippen LogP contribution is -2.39. The zero-order valence-electron chi connectivity index (χ0n) is 24.8. The number of nitrogens with zero attached hydrogens (tertiary/aromatic N) is 2. The van der Waals surface area contributed by atoms with Crippen LogP contribution in [0.1, 0.15) is 46.9 Å². The number of methoxy groups -OCH3 is 2.